The Morgan fingerprint density at radius 3 is 2.71 bits per heavy atom. The maximum Gasteiger partial charge on any atom is 0.252 e. The van der Waals surface area contributed by atoms with Gasteiger partial charge >= 0.3 is 0 Å². The summed E-state index contributed by atoms with van der Waals surface area (Å²) in [5.41, 5.74) is 0.408. The molecule has 0 aromatic heterocycles. The van der Waals surface area contributed by atoms with Crippen LogP contribution in [0.4, 0.5) is 0 Å². The van der Waals surface area contributed by atoms with Crippen molar-refractivity contribution >= 4 is 45.0 Å². The molecule has 1 aromatic carbocycles. The molecule has 1 aromatic rings. The van der Waals surface area contributed by atoms with E-state index in [1.165, 1.54) is 0 Å². The fourth-order valence-electron chi connectivity index (χ4n) is 1.13. The van der Waals surface area contributed by atoms with Gasteiger partial charge in [0.15, 0.2) is 0 Å². The summed E-state index contributed by atoms with van der Waals surface area (Å²) >= 11 is 15.0. The van der Waals surface area contributed by atoms with Crippen molar-refractivity contribution in [3.05, 3.63) is 33.3 Å². The highest BCUT2D eigenvalue weighted by Crippen LogP contribution is 2.21. The van der Waals surface area contributed by atoms with E-state index in [2.05, 4.69) is 21.2 Å². The molecule has 0 spiro atoms. The van der Waals surface area contributed by atoms with Crippen LogP contribution in [0.5, 0.6) is 0 Å². The molecule has 2 nitrogen and oxygen atoms in total. The number of carbonyl (C=O) groups excluding carboxylic acids is 1. The van der Waals surface area contributed by atoms with E-state index >= 15 is 0 Å². The second-order valence-electron chi connectivity index (χ2n) is 4.60. The number of rotatable bonds is 4. The maximum atomic E-state index is 11.9. The minimum atomic E-state index is -0.155. The van der Waals surface area contributed by atoms with E-state index in [0.717, 1.165) is 4.47 Å². The first-order valence-electron chi connectivity index (χ1n) is 5.15. The van der Waals surface area contributed by atoms with Crippen molar-refractivity contribution in [3.8, 4) is 0 Å². The van der Waals surface area contributed by atoms with Gasteiger partial charge in [-0.05, 0) is 39.5 Å². The zero-order valence-electron chi connectivity index (χ0n) is 9.69. The van der Waals surface area contributed by atoms with Gasteiger partial charge in [0.2, 0.25) is 0 Å². The molecule has 0 unspecified atom stereocenters. The first-order valence-corrected chi connectivity index (χ1v) is 6.85. The third kappa shape index (κ3) is 4.49. The van der Waals surface area contributed by atoms with Crippen LogP contribution in [-0.2, 0) is 0 Å². The summed E-state index contributed by atoms with van der Waals surface area (Å²) in [6.07, 6.45) is 0. The minimum Gasteiger partial charge on any atom is -0.351 e. The Morgan fingerprint density at radius 2 is 2.12 bits per heavy atom. The van der Waals surface area contributed by atoms with Crippen LogP contribution >= 0.6 is 39.1 Å². The third-order valence-corrected chi connectivity index (χ3v) is 3.91. The summed E-state index contributed by atoms with van der Waals surface area (Å²) < 4.78 is 0.725. The average Bonchev–Trinajstić information content (AvgIpc) is 2.29. The fraction of sp³-hybridized carbons (Fsp3) is 0.417. The minimum absolute atomic E-state index is 0.123. The Labute approximate surface area is 120 Å². The lowest BCUT2D eigenvalue weighted by Gasteiger charge is -2.21. The SMILES string of the molecule is CC(C)(CCl)CNC(=O)c1cc(Cl)ccc1Br. The number of nitrogens with one attached hydrogen (secondary N) is 1. The molecule has 0 fully saturated rings. The van der Waals surface area contributed by atoms with E-state index in [4.69, 9.17) is 23.2 Å². The molecule has 0 radical (unpaired) electrons. The smallest absolute Gasteiger partial charge is 0.252 e. The van der Waals surface area contributed by atoms with Gasteiger partial charge in [0.05, 0.1) is 5.56 Å². The van der Waals surface area contributed by atoms with Crippen LogP contribution in [0.15, 0.2) is 22.7 Å². The zero-order chi connectivity index (χ0) is 13.1. The van der Waals surface area contributed by atoms with Crippen LogP contribution in [-0.4, -0.2) is 18.3 Å². The second kappa shape index (κ2) is 6.07. The standard InChI is InChI=1S/C12H14BrCl2NO/c1-12(2,6-14)7-16-11(17)9-5-8(15)3-4-10(9)13/h3-5H,6-7H2,1-2H3,(H,16,17). The van der Waals surface area contributed by atoms with Crippen LogP contribution in [0.3, 0.4) is 0 Å². The quantitative estimate of drug-likeness (QED) is 0.823. The molecule has 5 heteroatoms. The molecule has 0 bridgehead atoms. The topological polar surface area (TPSA) is 29.1 Å². The van der Waals surface area contributed by atoms with E-state index in [1.807, 2.05) is 13.8 Å². The van der Waals surface area contributed by atoms with Gasteiger partial charge in [0, 0.05) is 21.9 Å². The van der Waals surface area contributed by atoms with Gasteiger partial charge in [-0.2, -0.15) is 0 Å². The normalized spacial score (nSPS) is 11.4. The number of halogens is 3. The van der Waals surface area contributed by atoms with Crippen molar-refractivity contribution in [1.29, 1.82) is 0 Å². The Bertz CT molecular complexity index is 421. The molecule has 1 rings (SSSR count). The first kappa shape index (κ1) is 14.8. The Hall–Kier alpha value is -0.250. The highest BCUT2D eigenvalue weighted by atomic mass is 79.9. The molecule has 0 aliphatic carbocycles. The lowest BCUT2D eigenvalue weighted by Crippen LogP contribution is -2.35. The van der Waals surface area contributed by atoms with Gasteiger partial charge in [0.25, 0.3) is 5.91 Å². The molecular weight excluding hydrogens is 325 g/mol. The van der Waals surface area contributed by atoms with Gasteiger partial charge in [0.1, 0.15) is 0 Å². The summed E-state index contributed by atoms with van der Waals surface area (Å²) in [7, 11) is 0. The maximum absolute atomic E-state index is 11.9. The molecule has 0 saturated heterocycles. The van der Waals surface area contributed by atoms with Crippen molar-refractivity contribution in [2.24, 2.45) is 5.41 Å². The number of carbonyl (C=O) groups is 1. The van der Waals surface area contributed by atoms with Gasteiger partial charge in [-0.25, -0.2) is 0 Å². The molecule has 17 heavy (non-hydrogen) atoms. The Balaban J connectivity index is 2.74. The van der Waals surface area contributed by atoms with E-state index in [0.29, 0.717) is 23.0 Å². The molecule has 0 atom stereocenters. The summed E-state index contributed by atoms with van der Waals surface area (Å²) in [5.74, 6) is 0.335. The number of alkyl halides is 1. The van der Waals surface area contributed by atoms with Gasteiger partial charge in [-0.3, -0.25) is 4.79 Å². The monoisotopic (exact) mass is 337 g/mol. The van der Waals surface area contributed by atoms with Gasteiger partial charge in [-0.1, -0.05) is 25.4 Å². The lowest BCUT2D eigenvalue weighted by molar-refractivity contribution is 0.0939. The van der Waals surface area contributed by atoms with Crippen LogP contribution < -0.4 is 5.32 Å². The van der Waals surface area contributed by atoms with E-state index in [9.17, 15) is 4.79 Å². The number of hydrogen-bond acceptors (Lipinski definition) is 1. The van der Waals surface area contributed by atoms with Crippen LogP contribution in [0, 0.1) is 5.41 Å². The molecule has 0 aliphatic rings. The highest BCUT2D eigenvalue weighted by molar-refractivity contribution is 9.10. The van der Waals surface area contributed by atoms with Crippen molar-refractivity contribution in [1.82, 2.24) is 5.32 Å². The Morgan fingerprint density at radius 1 is 1.47 bits per heavy atom. The highest BCUT2D eigenvalue weighted by Gasteiger charge is 2.18. The van der Waals surface area contributed by atoms with Gasteiger partial charge < -0.3 is 5.32 Å². The van der Waals surface area contributed by atoms with Crippen LogP contribution in [0.1, 0.15) is 24.2 Å². The Kier molecular flexibility index (Phi) is 5.29. The van der Waals surface area contributed by atoms with Crippen molar-refractivity contribution in [2.45, 2.75) is 13.8 Å². The molecular formula is C12H14BrCl2NO. The largest absolute Gasteiger partial charge is 0.351 e. The van der Waals surface area contributed by atoms with Crippen LogP contribution in [0.2, 0.25) is 5.02 Å². The predicted molar refractivity (Wildman–Crippen MR) is 76.0 cm³/mol. The summed E-state index contributed by atoms with van der Waals surface area (Å²) in [6.45, 7) is 4.51. The third-order valence-electron chi connectivity index (χ3n) is 2.26. The van der Waals surface area contributed by atoms with Gasteiger partial charge in [-0.15, -0.1) is 11.6 Å². The molecule has 0 heterocycles. The first-order chi connectivity index (χ1) is 7.85. The van der Waals surface area contributed by atoms with Crippen molar-refractivity contribution in [3.63, 3.8) is 0 Å². The van der Waals surface area contributed by atoms with E-state index in [1.54, 1.807) is 18.2 Å². The van der Waals surface area contributed by atoms with Crippen molar-refractivity contribution in [2.75, 3.05) is 12.4 Å². The summed E-state index contributed by atoms with van der Waals surface area (Å²) in [6, 6.07) is 5.11. The summed E-state index contributed by atoms with van der Waals surface area (Å²) in [4.78, 5) is 11.9. The van der Waals surface area contributed by atoms with E-state index < -0.39 is 0 Å². The number of benzene rings is 1. The van der Waals surface area contributed by atoms with E-state index in [-0.39, 0.29) is 11.3 Å². The number of amides is 1. The average molecular weight is 339 g/mol. The summed E-state index contributed by atoms with van der Waals surface area (Å²) in [5, 5.41) is 3.38. The molecule has 1 N–H and O–H groups in total. The van der Waals surface area contributed by atoms with Crippen LogP contribution in [0.25, 0.3) is 0 Å². The zero-order valence-corrected chi connectivity index (χ0v) is 12.8. The van der Waals surface area contributed by atoms with Crippen molar-refractivity contribution < 1.29 is 4.79 Å². The fourth-order valence-corrected chi connectivity index (χ4v) is 1.83. The lowest BCUT2D eigenvalue weighted by atomic mass is 9.96. The molecule has 1 amide bonds. The molecule has 94 valence electrons. The second-order valence-corrected chi connectivity index (χ2v) is 6.16. The molecule has 0 saturated carbocycles. The predicted octanol–water partition coefficient (Wildman–Crippen LogP) is 4.10. The number of hydrogen-bond donors (Lipinski definition) is 1. The molecule has 0 aliphatic heterocycles.